The fourth-order valence-corrected chi connectivity index (χ4v) is 3.42. The number of fused-ring (bicyclic) bond motifs is 3. The lowest BCUT2D eigenvalue weighted by Gasteiger charge is -2.33. The van der Waals surface area contributed by atoms with Gasteiger partial charge in [0.05, 0.1) is 37.0 Å². The Kier molecular flexibility index (Phi) is 2.47. The molecule has 1 fully saturated rings. The molecule has 0 spiro atoms. The Labute approximate surface area is 111 Å². The molecule has 0 bridgehead atoms. The number of aromatic nitrogens is 2. The van der Waals surface area contributed by atoms with Crippen molar-refractivity contribution in [1.29, 1.82) is 0 Å². The number of benzene rings is 1. The van der Waals surface area contributed by atoms with Gasteiger partial charge in [-0.2, -0.15) is 0 Å². The first kappa shape index (κ1) is 11.2. The van der Waals surface area contributed by atoms with Crippen LogP contribution in [0.5, 0.6) is 0 Å². The first-order valence-corrected chi connectivity index (χ1v) is 6.73. The van der Waals surface area contributed by atoms with Crippen molar-refractivity contribution in [1.82, 2.24) is 9.55 Å². The quantitative estimate of drug-likeness (QED) is 0.847. The minimum absolute atomic E-state index is 0.188. The van der Waals surface area contributed by atoms with Crippen molar-refractivity contribution in [2.75, 3.05) is 13.2 Å². The Hall–Kier alpha value is -1.65. The molecular weight excluding hydrogens is 240 g/mol. The lowest BCUT2D eigenvalue weighted by atomic mass is 9.85. The van der Waals surface area contributed by atoms with Crippen LogP contribution in [0.3, 0.4) is 0 Å². The zero-order valence-corrected chi connectivity index (χ0v) is 10.6. The van der Waals surface area contributed by atoms with Gasteiger partial charge in [0.15, 0.2) is 0 Å². The third-order valence-electron chi connectivity index (χ3n) is 4.31. The lowest BCUT2D eigenvalue weighted by Crippen LogP contribution is -2.37. The third-order valence-corrected chi connectivity index (χ3v) is 4.31. The van der Waals surface area contributed by atoms with Crippen LogP contribution >= 0.6 is 0 Å². The van der Waals surface area contributed by atoms with Crippen LogP contribution in [-0.4, -0.2) is 34.0 Å². The Morgan fingerprint density at radius 1 is 1.32 bits per heavy atom. The summed E-state index contributed by atoms with van der Waals surface area (Å²) in [6.45, 7) is 1.16. The minimum atomic E-state index is -0.403. The first-order valence-electron chi connectivity index (χ1n) is 6.73. The van der Waals surface area contributed by atoms with Gasteiger partial charge in [-0.3, -0.25) is 0 Å². The highest BCUT2D eigenvalue weighted by Crippen LogP contribution is 2.45. The fourth-order valence-electron chi connectivity index (χ4n) is 3.42. The molecule has 2 aliphatic heterocycles. The molecule has 0 amide bonds. The first-order chi connectivity index (χ1) is 9.36. The molecular formula is C15H16N2O2. The van der Waals surface area contributed by atoms with Crippen molar-refractivity contribution in [3.05, 3.63) is 42.4 Å². The summed E-state index contributed by atoms with van der Waals surface area (Å²) in [5.41, 5.74) is 3.69. The maximum atomic E-state index is 10.3. The second kappa shape index (κ2) is 4.18. The predicted octanol–water partition coefficient (Wildman–Crippen LogP) is 1.85. The van der Waals surface area contributed by atoms with Crippen LogP contribution < -0.4 is 0 Å². The molecule has 1 saturated heterocycles. The Morgan fingerprint density at radius 2 is 2.21 bits per heavy atom. The molecule has 1 N–H and O–H groups in total. The summed E-state index contributed by atoms with van der Waals surface area (Å²) >= 11 is 0. The molecule has 4 rings (SSSR count). The van der Waals surface area contributed by atoms with Gasteiger partial charge in [0, 0.05) is 18.1 Å². The van der Waals surface area contributed by atoms with Gasteiger partial charge >= 0.3 is 0 Å². The van der Waals surface area contributed by atoms with E-state index in [0.717, 1.165) is 18.7 Å². The van der Waals surface area contributed by atoms with Gasteiger partial charge < -0.3 is 14.4 Å². The van der Waals surface area contributed by atoms with E-state index in [4.69, 9.17) is 4.74 Å². The average Bonchev–Trinajstić information content (AvgIpc) is 3.00. The molecule has 2 aromatic rings. The highest BCUT2D eigenvalue weighted by molar-refractivity contribution is 5.69. The molecule has 0 saturated carbocycles. The van der Waals surface area contributed by atoms with Crippen LogP contribution in [0.25, 0.3) is 11.3 Å². The molecule has 98 valence electrons. The summed E-state index contributed by atoms with van der Waals surface area (Å²) < 4.78 is 7.55. The van der Waals surface area contributed by atoms with Gasteiger partial charge in [-0.1, -0.05) is 24.3 Å². The van der Waals surface area contributed by atoms with Crippen LogP contribution in [0.4, 0.5) is 0 Å². The van der Waals surface area contributed by atoms with E-state index in [2.05, 4.69) is 33.8 Å². The van der Waals surface area contributed by atoms with Crippen molar-refractivity contribution in [3.8, 4) is 11.3 Å². The standard InChI is InChI=1S/C15H16N2O2/c18-14-8-19-6-5-12(14)15-11-4-2-1-3-10(11)13-7-16-9-17(13)15/h1-4,7,9,12,14-15,18H,5-6,8H2/t12-,14+,15?/m1/s1. The molecule has 1 aromatic heterocycles. The van der Waals surface area contributed by atoms with E-state index in [1.54, 1.807) is 0 Å². The highest BCUT2D eigenvalue weighted by Gasteiger charge is 2.38. The van der Waals surface area contributed by atoms with Crippen molar-refractivity contribution in [2.45, 2.75) is 18.6 Å². The van der Waals surface area contributed by atoms with E-state index in [0.29, 0.717) is 6.61 Å². The average molecular weight is 256 g/mol. The van der Waals surface area contributed by atoms with E-state index in [1.807, 2.05) is 12.5 Å². The smallest absolute Gasteiger partial charge is 0.0956 e. The number of hydrogen-bond acceptors (Lipinski definition) is 3. The SMILES string of the molecule is O[C@H]1COCC[C@H]1C1c2ccccc2-c2cncn21. The number of ether oxygens (including phenoxy) is 1. The van der Waals surface area contributed by atoms with Gasteiger partial charge in [-0.25, -0.2) is 4.98 Å². The Balaban J connectivity index is 1.84. The van der Waals surface area contributed by atoms with Crippen LogP contribution in [-0.2, 0) is 4.74 Å². The van der Waals surface area contributed by atoms with E-state index in [9.17, 15) is 5.11 Å². The van der Waals surface area contributed by atoms with Gasteiger partial charge in [0.25, 0.3) is 0 Å². The van der Waals surface area contributed by atoms with Gasteiger partial charge in [0.2, 0.25) is 0 Å². The van der Waals surface area contributed by atoms with Crippen molar-refractivity contribution in [2.24, 2.45) is 5.92 Å². The summed E-state index contributed by atoms with van der Waals surface area (Å²) in [4.78, 5) is 4.26. The van der Waals surface area contributed by atoms with Crippen LogP contribution in [0.2, 0.25) is 0 Å². The third kappa shape index (κ3) is 1.57. The molecule has 0 radical (unpaired) electrons. The number of imidazole rings is 1. The number of hydrogen-bond donors (Lipinski definition) is 1. The maximum absolute atomic E-state index is 10.3. The Bertz CT molecular complexity index is 608. The summed E-state index contributed by atoms with van der Waals surface area (Å²) in [6.07, 6.45) is 4.27. The molecule has 3 atom stereocenters. The van der Waals surface area contributed by atoms with Gasteiger partial charge in [-0.05, 0) is 12.0 Å². The van der Waals surface area contributed by atoms with E-state index in [-0.39, 0.29) is 12.0 Å². The van der Waals surface area contributed by atoms with Crippen LogP contribution in [0.15, 0.2) is 36.8 Å². The number of aliphatic hydroxyl groups excluding tert-OH is 1. The summed E-state index contributed by atoms with van der Waals surface area (Å²) in [5.74, 6) is 0.199. The van der Waals surface area contributed by atoms with Crippen molar-refractivity contribution in [3.63, 3.8) is 0 Å². The van der Waals surface area contributed by atoms with Crippen LogP contribution in [0.1, 0.15) is 18.0 Å². The number of aliphatic hydroxyl groups is 1. The van der Waals surface area contributed by atoms with Crippen LogP contribution in [0, 0.1) is 5.92 Å². The molecule has 4 nitrogen and oxygen atoms in total. The zero-order valence-electron chi connectivity index (χ0n) is 10.6. The summed E-state index contributed by atoms with van der Waals surface area (Å²) in [5, 5.41) is 10.3. The monoisotopic (exact) mass is 256 g/mol. The second-order valence-corrected chi connectivity index (χ2v) is 5.31. The normalized spacial score (nSPS) is 29.0. The lowest BCUT2D eigenvalue weighted by molar-refractivity contribution is -0.0540. The molecule has 1 unspecified atom stereocenters. The minimum Gasteiger partial charge on any atom is -0.390 e. The molecule has 19 heavy (non-hydrogen) atoms. The number of nitrogens with zero attached hydrogens (tertiary/aromatic N) is 2. The van der Waals surface area contributed by atoms with Crippen molar-refractivity contribution < 1.29 is 9.84 Å². The molecule has 3 heterocycles. The number of rotatable bonds is 1. The maximum Gasteiger partial charge on any atom is 0.0956 e. The summed E-state index contributed by atoms with van der Waals surface area (Å²) in [7, 11) is 0. The molecule has 0 aliphatic carbocycles. The Morgan fingerprint density at radius 3 is 3.11 bits per heavy atom. The van der Waals surface area contributed by atoms with Gasteiger partial charge in [0.1, 0.15) is 0 Å². The predicted molar refractivity (Wildman–Crippen MR) is 70.7 cm³/mol. The van der Waals surface area contributed by atoms with Crippen molar-refractivity contribution >= 4 is 0 Å². The topological polar surface area (TPSA) is 47.3 Å². The zero-order chi connectivity index (χ0) is 12.8. The van der Waals surface area contributed by atoms with E-state index < -0.39 is 6.10 Å². The molecule has 4 heteroatoms. The van der Waals surface area contributed by atoms with E-state index >= 15 is 0 Å². The van der Waals surface area contributed by atoms with E-state index in [1.165, 1.54) is 11.1 Å². The largest absolute Gasteiger partial charge is 0.390 e. The summed E-state index contributed by atoms with van der Waals surface area (Å²) in [6, 6.07) is 8.60. The highest BCUT2D eigenvalue weighted by atomic mass is 16.5. The fraction of sp³-hybridized carbons (Fsp3) is 0.400. The second-order valence-electron chi connectivity index (χ2n) is 5.31. The van der Waals surface area contributed by atoms with Gasteiger partial charge in [-0.15, -0.1) is 0 Å². The molecule has 2 aliphatic rings. The molecule has 1 aromatic carbocycles.